The molecule has 3 rings (SSSR count). The highest BCUT2D eigenvalue weighted by molar-refractivity contribution is 7.92. The Morgan fingerprint density at radius 2 is 1.66 bits per heavy atom. The fraction of sp³-hybridized carbons (Fsp3) is 0.227. The number of aromatic carboxylic acids is 1. The summed E-state index contributed by atoms with van der Waals surface area (Å²) in [7, 11) is -2.38. The van der Waals surface area contributed by atoms with Gasteiger partial charge in [-0.1, -0.05) is 12.1 Å². The van der Waals surface area contributed by atoms with E-state index in [0.29, 0.717) is 11.8 Å². The summed E-state index contributed by atoms with van der Waals surface area (Å²) >= 11 is 0. The van der Waals surface area contributed by atoms with Gasteiger partial charge in [-0.25, -0.2) is 28.0 Å². The number of hydrogen-bond acceptors (Lipinski definition) is 9. The standard InChI is InChI=1S/C20H19F3N6O4S.C2HF3O2/c1-29(34(2,32)33)17-13(6-4-8-24-17)10-25-16-15(20(21,22)23)11-26-19(28-16)27-14-7-3-5-12(9-14)18(30)31;3-2(4,5)1(6)7/h3-9,11H,10H2,1-2H3,(H,30,31)(H2,25,26,27,28);(H,6,7). The molecule has 0 saturated heterocycles. The van der Waals surface area contributed by atoms with Crippen molar-refractivity contribution < 1.29 is 54.6 Å². The summed E-state index contributed by atoms with van der Waals surface area (Å²) in [5.74, 6) is -4.66. The van der Waals surface area contributed by atoms with Crippen LogP contribution in [-0.2, 0) is 27.5 Å². The largest absolute Gasteiger partial charge is 0.490 e. The van der Waals surface area contributed by atoms with Crippen LogP contribution >= 0.6 is 0 Å². The van der Waals surface area contributed by atoms with Crippen molar-refractivity contribution in [2.45, 2.75) is 18.9 Å². The van der Waals surface area contributed by atoms with E-state index >= 15 is 0 Å². The van der Waals surface area contributed by atoms with E-state index in [1.807, 2.05) is 0 Å². The number of halogens is 6. The second kappa shape index (κ2) is 12.7. The van der Waals surface area contributed by atoms with E-state index in [9.17, 15) is 39.6 Å². The van der Waals surface area contributed by atoms with E-state index in [1.54, 1.807) is 0 Å². The van der Waals surface area contributed by atoms with Gasteiger partial charge in [-0.05, 0) is 24.3 Å². The number of nitrogens with zero attached hydrogens (tertiary/aromatic N) is 4. The van der Waals surface area contributed by atoms with Gasteiger partial charge in [0, 0.05) is 37.2 Å². The average molecular weight is 610 g/mol. The molecule has 12 nitrogen and oxygen atoms in total. The number of carbonyl (C=O) groups is 2. The van der Waals surface area contributed by atoms with Gasteiger partial charge in [0.05, 0.1) is 11.8 Å². The highest BCUT2D eigenvalue weighted by Crippen LogP contribution is 2.34. The lowest BCUT2D eigenvalue weighted by Gasteiger charge is -2.20. The number of pyridine rings is 1. The predicted molar refractivity (Wildman–Crippen MR) is 132 cm³/mol. The number of hydrogen-bond donors (Lipinski definition) is 4. The lowest BCUT2D eigenvalue weighted by atomic mass is 10.2. The van der Waals surface area contributed by atoms with Gasteiger partial charge in [-0.2, -0.15) is 31.3 Å². The minimum atomic E-state index is -5.08. The van der Waals surface area contributed by atoms with E-state index < -0.39 is 45.7 Å². The molecular formula is C22H20F6N6O6S. The predicted octanol–water partition coefficient (Wildman–Crippen LogP) is 3.97. The zero-order chi connectivity index (χ0) is 31.2. The summed E-state index contributed by atoms with van der Waals surface area (Å²) < 4.78 is 97.0. The number of rotatable bonds is 8. The van der Waals surface area contributed by atoms with Crippen LogP contribution in [0.4, 0.5) is 49.6 Å². The lowest BCUT2D eigenvalue weighted by molar-refractivity contribution is -0.192. The van der Waals surface area contributed by atoms with Crippen molar-refractivity contribution in [3.05, 3.63) is 65.5 Å². The first-order valence-electron chi connectivity index (χ1n) is 10.8. The Morgan fingerprint density at radius 3 is 2.20 bits per heavy atom. The molecule has 0 spiro atoms. The van der Waals surface area contributed by atoms with E-state index in [2.05, 4.69) is 25.6 Å². The smallest absolute Gasteiger partial charge is 0.478 e. The summed E-state index contributed by atoms with van der Waals surface area (Å²) in [6.45, 7) is -0.225. The zero-order valence-electron chi connectivity index (χ0n) is 20.8. The molecule has 0 amide bonds. The van der Waals surface area contributed by atoms with Crippen LogP contribution in [0.5, 0.6) is 0 Å². The first-order valence-corrected chi connectivity index (χ1v) is 12.6. The van der Waals surface area contributed by atoms with Crippen LogP contribution in [-0.4, -0.2) is 65.0 Å². The van der Waals surface area contributed by atoms with Crippen molar-refractivity contribution in [3.63, 3.8) is 0 Å². The Hall–Kier alpha value is -4.68. The van der Waals surface area contributed by atoms with Gasteiger partial charge in [0.15, 0.2) is 0 Å². The normalized spacial score (nSPS) is 11.6. The molecule has 2 aromatic heterocycles. The maximum atomic E-state index is 13.5. The molecule has 4 N–H and O–H groups in total. The van der Waals surface area contributed by atoms with Gasteiger partial charge in [-0.15, -0.1) is 0 Å². The number of benzene rings is 1. The van der Waals surface area contributed by atoms with Crippen LogP contribution in [0, 0.1) is 0 Å². The zero-order valence-corrected chi connectivity index (χ0v) is 21.6. The molecule has 19 heteroatoms. The first kappa shape index (κ1) is 32.5. The molecule has 0 bridgehead atoms. The Bertz CT molecular complexity index is 1520. The molecule has 41 heavy (non-hydrogen) atoms. The maximum Gasteiger partial charge on any atom is 0.490 e. The molecule has 0 saturated carbocycles. The van der Waals surface area contributed by atoms with E-state index in [1.165, 1.54) is 49.6 Å². The van der Waals surface area contributed by atoms with Crippen molar-refractivity contribution >= 4 is 45.2 Å². The van der Waals surface area contributed by atoms with Gasteiger partial charge in [0.25, 0.3) is 0 Å². The Labute approximate surface area is 227 Å². The van der Waals surface area contributed by atoms with Crippen molar-refractivity contribution in [3.8, 4) is 0 Å². The molecule has 0 aliphatic carbocycles. The Balaban J connectivity index is 0.000000745. The molecule has 3 aromatic rings. The fourth-order valence-corrected chi connectivity index (χ4v) is 3.31. The number of sulfonamides is 1. The number of anilines is 4. The highest BCUT2D eigenvalue weighted by atomic mass is 32.2. The van der Waals surface area contributed by atoms with Crippen molar-refractivity contribution in [2.75, 3.05) is 28.2 Å². The van der Waals surface area contributed by atoms with Crippen LogP contribution in [0.15, 0.2) is 48.8 Å². The summed E-state index contributed by atoms with van der Waals surface area (Å²) in [5, 5.41) is 21.5. The quantitative estimate of drug-likeness (QED) is 0.272. The number of aliphatic carboxylic acids is 1. The third-order valence-electron chi connectivity index (χ3n) is 4.81. The molecule has 2 heterocycles. The molecule has 0 unspecified atom stereocenters. The second-order valence-corrected chi connectivity index (χ2v) is 9.85. The summed E-state index contributed by atoms with van der Waals surface area (Å²) in [5.41, 5.74) is -0.602. The molecule has 1 aromatic carbocycles. The van der Waals surface area contributed by atoms with Gasteiger partial charge < -0.3 is 20.8 Å². The number of aromatic nitrogens is 3. The van der Waals surface area contributed by atoms with Gasteiger partial charge in [0.1, 0.15) is 17.2 Å². The Morgan fingerprint density at radius 1 is 1.02 bits per heavy atom. The molecule has 0 atom stereocenters. The fourth-order valence-electron chi connectivity index (χ4n) is 2.83. The molecule has 0 aliphatic heterocycles. The monoisotopic (exact) mass is 610 g/mol. The number of carboxylic acid groups (broad SMARTS) is 2. The maximum absolute atomic E-state index is 13.5. The van der Waals surface area contributed by atoms with Crippen LogP contribution in [0.2, 0.25) is 0 Å². The lowest BCUT2D eigenvalue weighted by Crippen LogP contribution is -2.27. The topological polar surface area (TPSA) is 175 Å². The van der Waals surface area contributed by atoms with E-state index in [4.69, 9.17) is 15.0 Å². The van der Waals surface area contributed by atoms with Gasteiger partial charge >= 0.3 is 24.3 Å². The third kappa shape index (κ3) is 9.48. The highest BCUT2D eigenvalue weighted by Gasteiger charge is 2.38. The number of carboxylic acids is 2. The molecule has 0 aliphatic rings. The molecule has 222 valence electrons. The second-order valence-electron chi connectivity index (χ2n) is 7.84. The van der Waals surface area contributed by atoms with Crippen LogP contribution in [0.1, 0.15) is 21.5 Å². The minimum absolute atomic E-state index is 0.0330. The van der Waals surface area contributed by atoms with Crippen molar-refractivity contribution in [1.82, 2.24) is 15.0 Å². The van der Waals surface area contributed by atoms with Gasteiger partial charge in [-0.3, -0.25) is 4.31 Å². The molecular weight excluding hydrogens is 590 g/mol. The van der Waals surface area contributed by atoms with Crippen LogP contribution < -0.4 is 14.9 Å². The average Bonchev–Trinajstić information content (AvgIpc) is 2.86. The van der Waals surface area contributed by atoms with Crippen molar-refractivity contribution in [1.29, 1.82) is 0 Å². The Kier molecular flexibility index (Phi) is 10.0. The first-order chi connectivity index (χ1) is 18.8. The van der Waals surface area contributed by atoms with E-state index in [-0.39, 0.29) is 29.6 Å². The molecule has 0 fully saturated rings. The van der Waals surface area contributed by atoms with E-state index in [0.717, 1.165) is 10.6 Å². The van der Waals surface area contributed by atoms with Crippen LogP contribution in [0.25, 0.3) is 0 Å². The number of alkyl halides is 6. The summed E-state index contributed by atoms with van der Waals surface area (Å²) in [6, 6.07) is 8.62. The van der Waals surface area contributed by atoms with Gasteiger partial charge in [0.2, 0.25) is 16.0 Å². The summed E-state index contributed by atoms with van der Waals surface area (Å²) in [6.07, 6.45) is -6.93. The van der Waals surface area contributed by atoms with Crippen molar-refractivity contribution in [2.24, 2.45) is 0 Å². The minimum Gasteiger partial charge on any atom is -0.478 e. The molecule has 0 radical (unpaired) electrons. The number of nitrogens with one attached hydrogen (secondary N) is 2. The third-order valence-corrected chi connectivity index (χ3v) is 5.98. The van der Waals surface area contributed by atoms with Crippen LogP contribution in [0.3, 0.4) is 0 Å². The SMILES string of the molecule is CN(c1ncccc1CNc1nc(Nc2cccc(C(=O)O)c2)ncc1C(F)(F)F)S(C)(=O)=O.O=C(O)C(F)(F)F. The summed E-state index contributed by atoms with van der Waals surface area (Å²) in [4.78, 5) is 31.6.